The fraction of sp³-hybridized carbons (Fsp3) is 0.167. The molecule has 17 heavy (non-hydrogen) atoms. The first-order chi connectivity index (χ1) is 7.95. The van der Waals surface area contributed by atoms with Gasteiger partial charge in [-0.15, -0.1) is 0 Å². The van der Waals surface area contributed by atoms with Crippen LogP contribution in [0.5, 0.6) is 5.75 Å². The zero-order valence-corrected chi connectivity index (χ0v) is 9.52. The fourth-order valence-electron chi connectivity index (χ4n) is 1.97. The number of aromatic nitrogens is 1. The van der Waals surface area contributed by atoms with Crippen LogP contribution in [0.1, 0.15) is 15.9 Å². The molecule has 0 aliphatic carbocycles. The summed E-state index contributed by atoms with van der Waals surface area (Å²) in [4.78, 5) is 23.1. The molecule has 0 radical (unpaired) electrons. The fourth-order valence-corrected chi connectivity index (χ4v) is 1.97. The van der Waals surface area contributed by atoms with Crippen molar-refractivity contribution < 1.29 is 9.90 Å². The van der Waals surface area contributed by atoms with Crippen molar-refractivity contribution in [3.63, 3.8) is 0 Å². The van der Waals surface area contributed by atoms with Crippen molar-refractivity contribution in [3.05, 3.63) is 39.7 Å². The number of primary amides is 1. The third-order valence-corrected chi connectivity index (χ3v) is 2.85. The number of aryl methyl sites for hydroxylation is 2. The van der Waals surface area contributed by atoms with Crippen LogP contribution in [0.25, 0.3) is 10.9 Å². The number of nitrogens with zero attached hydrogens (tertiary/aromatic N) is 1. The predicted octanol–water partition coefficient (Wildman–Crippen LogP) is 0.651. The molecule has 3 N–H and O–H groups in total. The third kappa shape index (κ3) is 1.47. The van der Waals surface area contributed by atoms with Gasteiger partial charge < -0.3 is 15.4 Å². The molecule has 88 valence electrons. The summed E-state index contributed by atoms with van der Waals surface area (Å²) in [6.07, 6.45) is 0. The van der Waals surface area contributed by atoms with Gasteiger partial charge >= 0.3 is 0 Å². The molecule has 0 saturated carbocycles. The van der Waals surface area contributed by atoms with E-state index in [2.05, 4.69) is 0 Å². The number of fused-ring (bicyclic) bond motifs is 1. The zero-order valence-electron chi connectivity index (χ0n) is 9.52. The van der Waals surface area contributed by atoms with E-state index in [9.17, 15) is 14.7 Å². The number of nitrogens with two attached hydrogens (primary N) is 1. The van der Waals surface area contributed by atoms with E-state index < -0.39 is 11.5 Å². The van der Waals surface area contributed by atoms with Gasteiger partial charge in [0.05, 0.1) is 5.52 Å². The molecule has 5 heteroatoms. The Morgan fingerprint density at radius 3 is 2.65 bits per heavy atom. The second-order valence-electron chi connectivity index (χ2n) is 3.92. The second kappa shape index (κ2) is 3.62. The normalized spacial score (nSPS) is 10.7. The maximum atomic E-state index is 11.9. The number of carbonyl (C=O) groups is 1. The highest BCUT2D eigenvalue weighted by molar-refractivity contribution is 6.02. The monoisotopic (exact) mass is 232 g/mol. The number of benzene rings is 1. The van der Waals surface area contributed by atoms with E-state index in [-0.39, 0.29) is 11.3 Å². The molecule has 1 aromatic heterocycles. The first-order valence-electron chi connectivity index (χ1n) is 5.06. The molecule has 0 atom stereocenters. The molecule has 5 nitrogen and oxygen atoms in total. The van der Waals surface area contributed by atoms with Gasteiger partial charge in [-0.25, -0.2) is 0 Å². The Kier molecular flexibility index (Phi) is 2.38. The van der Waals surface area contributed by atoms with E-state index in [0.29, 0.717) is 10.9 Å². The topological polar surface area (TPSA) is 85.3 Å². The Bertz CT molecular complexity index is 686. The summed E-state index contributed by atoms with van der Waals surface area (Å²) in [5.41, 5.74) is 5.50. The first kappa shape index (κ1) is 11.2. The van der Waals surface area contributed by atoms with Crippen molar-refractivity contribution in [3.8, 4) is 5.75 Å². The van der Waals surface area contributed by atoms with Crippen LogP contribution in [0.4, 0.5) is 0 Å². The van der Waals surface area contributed by atoms with Crippen LogP contribution in [0.3, 0.4) is 0 Å². The minimum absolute atomic E-state index is 0.339. The molecule has 0 saturated heterocycles. The molecule has 0 fully saturated rings. The van der Waals surface area contributed by atoms with Gasteiger partial charge in [-0.3, -0.25) is 9.59 Å². The maximum Gasteiger partial charge on any atom is 0.267 e. The van der Waals surface area contributed by atoms with Crippen molar-refractivity contribution in [1.82, 2.24) is 4.57 Å². The molecule has 0 aliphatic heterocycles. The van der Waals surface area contributed by atoms with E-state index in [1.54, 1.807) is 25.1 Å². The van der Waals surface area contributed by atoms with Gasteiger partial charge in [0, 0.05) is 12.4 Å². The molecule has 1 amide bonds. The molecular formula is C12H12N2O3. The van der Waals surface area contributed by atoms with Gasteiger partial charge in [0.2, 0.25) is 0 Å². The summed E-state index contributed by atoms with van der Waals surface area (Å²) >= 11 is 0. The SMILES string of the molecule is Cc1cccc2c1c(O)c(C(N)=O)c(=O)n2C. The lowest BCUT2D eigenvalue weighted by Gasteiger charge is -2.11. The first-order valence-corrected chi connectivity index (χ1v) is 5.06. The Morgan fingerprint density at radius 2 is 2.06 bits per heavy atom. The van der Waals surface area contributed by atoms with Gasteiger partial charge in [-0.05, 0) is 18.6 Å². The maximum absolute atomic E-state index is 11.9. The van der Waals surface area contributed by atoms with Gasteiger partial charge in [0.15, 0.2) is 0 Å². The van der Waals surface area contributed by atoms with Crippen LogP contribution in [0.2, 0.25) is 0 Å². The largest absolute Gasteiger partial charge is 0.506 e. The van der Waals surface area contributed by atoms with Crippen molar-refractivity contribution in [2.24, 2.45) is 12.8 Å². The predicted molar refractivity (Wildman–Crippen MR) is 64.1 cm³/mol. The van der Waals surface area contributed by atoms with Gasteiger partial charge in [0.25, 0.3) is 11.5 Å². The van der Waals surface area contributed by atoms with E-state index >= 15 is 0 Å². The van der Waals surface area contributed by atoms with Gasteiger partial charge in [0.1, 0.15) is 11.3 Å². The summed E-state index contributed by atoms with van der Waals surface area (Å²) in [7, 11) is 1.54. The summed E-state index contributed by atoms with van der Waals surface area (Å²) < 4.78 is 1.31. The standard InChI is InChI=1S/C12H12N2O3/c1-6-4-3-5-7-8(6)10(15)9(11(13)16)12(17)14(7)2/h3-5,15H,1-2H3,(H2,13,16). The number of pyridine rings is 1. The molecule has 2 aromatic rings. The molecule has 1 aromatic carbocycles. The third-order valence-electron chi connectivity index (χ3n) is 2.85. The van der Waals surface area contributed by atoms with E-state index in [1.165, 1.54) is 11.6 Å². The van der Waals surface area contributed by atoms with Crippen LogP contribution < -0.4 is 11.3 Å². The van der Waals surface area contributed by atoms with E-state index in [0.717, 1.165) is 5.56 Å². The highest BCUT2D eigenvalue weighted by atomic mass is 16.3. The Labute approximate surface area is 97.1 Å². The lowest BCUT2D eigenvalue weighted by Crippen LogP contribution is -2.28. The highest BCUT2D eigenvalue weighted by Crippen LogP contribution is 2.28. The average Bonchev–Trinajstić information content (AvgIpc) is 2.25. The van der Waals surface area contributed by atoms with Crippen molar-refractivity contribution >= 4 is 16.8 Å². The Morgan fingerprint density at radius 1 is 1.41 bits per heavy atom. The van der Waals surface area contributed by atoms with E-state index in [4.69, 9.17) is 5.73 Å². The molecular weight excluding hydrogens is 220 g/mol. The van der Waals surface area contributed by atoms with Gasteiger partial charge in [-0.2, -0.15) is 0 Å². The number of rotatable bonds is 1. The lowest BCUT2D eigenvalue weighted by atomic mass is 10.1. The quantitative estimate of drug-likeness (QED) is 0.757. The van der Waals surface area contributed by atoms with Crippen LogP contribution in [-0.2, 0) is 7.05 Å². The molecule has 1 heterocycles. The van der Waals surface area contributed by atoms with Crippen molar-refractivity contribution in [2.45, 2.75) is 6.92 Å². The Hall–Kier alpha value is -2.30. The molecule has 0 bridgehead atoms. The number of amides is 1. The summed E-state index contributed by atoms with van der Waals surface area (Å²) in [5.74, 6) is -1.26. The smallest absolute Gasteiger partial charge is 0.267 e. The minimum atomic E-state index is -0.923. The van der Waals surface area contributed by atoms with Crippen LogP contribution in [0, 0.1) is 6.92 Å². The van der Waals surface area contributed by atoms with Crippen LogP contribution in [0.15, 0.2) is 23.0 Å². The molecule has 0 spiro atoms. The highest BCUT2D eigenvalue weighted by Gasteiger charge is 2.19. The van der Waals surface area contributed by atoms with E-state index in [1.807, 2.05) is 0 Å². The minimum Gasteiger partial charge on any atom is -0.506 e. The summed E-state index contributed by atoms with van der Waals surface area (Å²) in [6.45, 7) is 1.79. The Balaban J connectivity index is 3.13. The van der Waals surface area contributed by atoms with Crippen molar-refractivity contribution in [1.29, 1.82) is 0 Å². The second-order valence-corrected chi connectivity index (χ2v) is 3.92. The van der Waals surface area contributed by atoms with Crippen LogP contribution >= 0.6 is 0 Å². The summed E-state index contributed by atoms with van der Waals surface area (Å²) in [5, 5.41) is 10.5. The molecule has 0 aliphatic rings. The number of carbonyl (C=O) groups excluding carboxylic acids is 1. The van der Waals surface area contributed by atoms with Gasteiger partial charge in [-0.1, -0.05) is 12.1 Å². The summed E-state index contributed by atoms with van der Waals surface area (Å²) in [6, 6.07) is 5.27. The number of hydrogen-bond donors (Lipinski definition) is 2. The molecule has 2 rings (SSSR count). The molecule has 0 unspecified atom stereocenters. The number of aromatic hydroxyl groups is 1. The van der Waals surface area contributed by atoms with Crippen LogP contribution in [-0.4, -0.2) is 15.6 Å². The van der Waals surface area contributed by atoms with Crippen molar-refractivity contribution in [2.75, 3.05) is 0 Å². The lowest BCUT2D eigenvalue weighted by molar-refractivity contribution is 0.0996. The average molecular weight is 232 g/mol. The number of hydrogen-bond acceptors (Lipinski definition) is 3. The zero-order chi connectivity index (χ0) is 12.7.